The maximum Gasteiger partial charge on any atom is 0.271 e. The summed E-state index contributed by atoms with van der Waals surface area (Å²) in [4.78, 5) is 22.7. The molecule has 1 saturated heterocycles. The highest BCUT2D eigenvalue weighted by atomic mass is 35.5. The molecule has 1 aliphatic heterocycles. The predicted molar refractivity (Wildman–Crippen MR) is 163 cm³/mol. The predicted octanol–water partition coefficient (Wildman–Crippen LogP) is 6.19. The first kappa shape index (κ1) is 32.0. The summed E-state index contributed by atoms with van der Waals surface area (Å²) >= 11 is 6.07. The Morgan fingerprint density at radius 2 is 1.68 bits per heavy atom. The zero-order valence-electron chi connectivity index (χ0n) is 22.8. The van der Waals surface area contributed by atoms with Crippen molar-refractivity contribution in [1.29, 1.82) is 0 Å². The highest BCUT2D eigenvalue weighted by Crippen LogP contribution is 2.24. The molecule has 0 aliphatic carbocycles. The van der Waals surface area contributed by atoms with Crippen LogP contribution in [0.2, 0.25) is 5.02 Å². The minimum Gasteiger partial charge on any atom is -0.369 e. The Balaban J connectivity index is 0.00000253. The molecule has 0 spiro atoms. The normalized spacial score (nSPS) is 13.6. The van der Waals surface area contributed by atoms with Gasteiger partial charge in [0.25, 0.3) is 5.91 Å². The SMILES string of the molecule is CCCc1nc(C(=O)NCCCN2CCN(c3cccc(C)c3C)CC2)c(C)n1-c1ccc(Cl)cc1.Cl.Cl. The fourth-order valence-corrected chi connectivity index (χ4v) is 5.10. The summed E-state index contributed by atoms with van der Waals surface area (Å²) < 4.78 is 2.07. The van der Waals surface area contributed by atoms with Crippen molar-refractivity contribution in [2.24, 2.45) is 0 Å². The lowest BCUT2D eigenvalue weighted by atomic mass is 10.1. The number of nitrogens with one attached hydrogen (secondary N) is 1. The number of aryl methyl sites for hydroxylation is 2. The average Bonchev–Trinajstić information content (AvgIpc) is 3.20. The van der Waals surface area contributed by atoms with Gasteiger partial charge in [0.2, 0.25) is 0 Å². The van der Waals surface area contributed by atoms with Crippen LogP contribution >= 0.6 is 36.4 Å². The monoisotopic (exact) mass is 579 g/mol. The second kappa shape index (κ2) is 14.8. The van der Waals surface area contributed by atoms with E-state index in [-0.39, 0.29) is 30.7 Å². The van der Waals surface area contributed by atoms with Gasteiger partial charge in [0.15, 0.2) is 0 Å². The molecule has 1 fully saturated rings. The molecular weight excluding hydrogens is 541 g/mol. The molecule has 1 amide bonds. The van der Waals surface area contributed by atoms with Gasteiger partial charge >= 0.3 is 0 Å². The molecule has 9 heteroatoms. The minimum atomic E-state index is -0.0997. The van der Waals surface area contributed by atoms with Gasteiger partial charge in [-0.15, -0.1) is 24.8 Å². The van der Waals surface area contributed by atoms with Crippen LogP contribution in [0.3, 0.4) is 0 Å². The van der Waals surface area contributed by atoms with E-state index < -0.39 is 0 Å². The van der Waals surface area contributed by atoms with Crippen molar-refractivity contribution in [3.63, 3.8) is 0 Å². The molecular formula is C29H40Cl3N5O. The number of carbonyl (C=O) groups excluding carboxylic acids is 1. The van der Waals surface area contributed by atoms with Gasteiger partial charge in [-0.3, -0.25) is 9.69 Å². The third-order valence-corrected chi connectivity index (χ3v) is 7.43. The number of carbonyl (C=O) groups is 1. The number of piperazine rings is 1. The van der Waals surface area contributed by atoms with Crippen LogP contribution in [0.25, 0.3) is 5.69 Å². The summed E-state index contributed by atoms with van der Waals surface area (Å²) in [5.41, 5.74) is 6.44. The Hall–Kier alpha value is -2.25. The fourth-order valence-electron chi connectivity index (χ4n) is 4.98. The van der Waals surface area contributed by atoms with Crippen molar-refractivity contribution >= 4 is 48.0 Å². The van der Waals surface area contributed by atoms with Gasteiger partial charge in [-0.1, -0.05) is 30.7 Å². The number of anilines is 1. The molecule has 0 radical (unpaired) electrons. The minimum absolute atomic E-state index is 0. The zero-order chi connectivity index (χ0) is 25.7. The van der Waals surface area contributed by atoms with E-state index >= 15 is 0 Å². The molecule has 2 aromatic carbocycles. The summed E-state index contributed by atoms with van der Waals surface area (Å²) in [6, 6.07) is 14.2. The summed E-state index contributed by atoms with van der Waals surface area (Å²) in [6.45, 7) is 14.3. The van der Waals surface area contributed by atoms with E-state index in [4.69, 9.17) is 16.6 Å². The number of imidazole rings is 1. The molecule has 0 bridgehead atoms. The molecule has 1 aromatic heterocycles. The van der Waals surface area contributed by atoms with Crippen molar-refractivity contribution < 1.29 is 4.79 Å². The van der Waals surface area contributed by atoms with Gasteiger partial charge in [-0.25, -0.2) is 4.98 Å². The van der Waals surface area contributed by atoms with Gasteiger partial charge in [0.1, 0.15) is 11.5 Å². The first-order chi connectivity index (χ1) is 17.4. The lowest BCUT2D eigenvalue weighted by Gasteiger charge is -2.37. The number of hydrogen-bond donors (Lipinski definition) is 1. The lowest BCUT2D eigenvalue weighted by molar-refractivity contribution is 0.0946. The zero-order valence-corrected chi connectivity index (χ0v) is 25.2. The maximum absolute atomic E-state index is 13.0. The summed E-state index contributed by atoms with van der Waals surface area (Å²) in [7, 11) is 0. The van der Waals surface area contributed by atoms with Gasteiger partial charge in [-0.05, 0) is 81.6 Å². The number of aromatic nitrogens is 2. The Labute approximate surface area is 244 Å². The third-order valence-electron chi connectivity index (χ3n) is 7.18. The number of amides is 1. The highest BCUT2D eigenvalue weighted by molar-refractivity contribution is 6.30. The van der Waals surface area contributed by atoms with E-state index in [0.717, 1.165) is 69.2 Å². The fraction of sp³-hybridized carbons (Fsp3) is 0.448. The lowest BCUT2D eigenvalue weighted by Crippen LogP contribution is -2.47. The van der Waals surface area contributed by atoms with Crippen LogP contribution in [-0.2, 0) is 6.42 Å². The quantitative estimate of drug-likeness (QED) is 0.307. The van der Waals surface area contributed by atoms with Crippen molar-refractivity contribution in [3.05, 3.63) is 75.8 Å². The van der Waals surface area contributed by atoms with E-state index in [0.29, 0.717) is 17.3 Å². The molecule has 0 atom stereocenters. The van der Waals surface area contributed by atoms with Crippen molar-refractivity contribution in [1.82, 2.24) is 19.8 Å². The van der Waals surface area contributed by atoms with Crippen LogP contribution in [0.1, 0.15) is 52.9 Å². The van der Waals surface area contributed by atoms with Gasteiger partial charge in [0.05, 0.1) is 5.69 Å². The van der Waals surface area contributed by atoms with E-state index in [9.17, 15) is 4.79 Å². The second-order valence-corrected chi connectivity index (χ2v) is 10.1. The molecule has 3 aromatic rings. The highest BCUT2D eigenvalue weighted by Gasteiger charge is 2.21. The third kappa shape index (κ3) is 7.44. The molecule has 0 saturated carbocycles. The van der Waals surface area contributed by atoms with Crippen molar-refractivity contribution in [2.75, 3.05) is 44.2 Å². The van der Waals surface area contributed by atoms with E-state index in [1.54, 1.807) is 0 Å². The Bertz CT molecular complexity index is 1190. The van der Waals surface area contributed by atoms with E-state index in [1.807, 2.05) is 31.2 Å². The largest absolute Gasteiger partial charge is 0.369 e. The number of benzene rings is 2. The topological polar surface area (TPSA) is 53.4 Å². The number of hydrogen-bond acceptors (Lipinski definition) is 4. The Morgan fingerprint density at radius 3 is 2.34 bits per heavy atom. The number of rotatable bonds is 9. The van der Waals surface area contributed by atoms with Gasteiger partial charge in [0, 0.05) is 55.5 Å². The number of nitrogens with zero attached hydrogens (tertiary/aromatic N) is 4. The first-order valence-corrected chi connectivity index (χ1v) is 13.4. The standard InChI is InChI=1S/C29H38ClN5O.2ClH/c1-5-8-27-32-28(23(4)35(27)25-13-11-24(30)12-14-25)29(36)31-15-7-16-33-17-19-34(20-18-33)26-10-6-9-21(2)22(26)3;;/h6,9-14H,5,7-8,15-20H2,1-4H3,(H,31,36);2*1H. The van der Waals surface area contributed by atoms with Crippen molar-refractivity contribution in [3.8, 4) is 5.69 Å². The Morgan fingerprint density at radius 1 is 1.00 bits per heavy atom. The molecule has 6 nitrogen and oxygen atoms in total. The Kier molecular flexibility index (Phi) is 12.4. The molecule has 208 valence electrons. The molecule has 1 N–H and O–H groups in total. The van der Waals surface area contributed by atoms with Crippen LogP contribution in [0.5, 0.6) is 0 Å². The molecule has 1 aliphatic rings. The molecule has 4 rings (SSSR count). The van der Waals surface area contributed by atoms with Crippen LogP contribution in [0, 0.1) is 20.8 Å². The summed E-state index contributed by atoms with van der Waals surface area (Å²) in [5, 5.41) is 3.79. The van der Waals surface area contributed by atoms with Crippen molar-refractivity contribution in [2.45, 2.75) is 47.0 Å². The molecule has 0 unspecified atom stereocenters. The smallest absolute Gasteiger partial charge is 0.271 e. The summed E-state index contributed by atoms with van der Waals surface area (Å²) in [5.74, 6) is 0.807. The second-order valence-electron chi connectivity index (χ2n) is 9.68. The molecule has 38 heavy (non-hydrogen) atoms. The molecule has 2 heterocycles. The van der Waals surface area contributed by atoms with Gasteiger partial charge in [-0.2, -0.15) is 0 Å². The van der Waals surface area contributed by atoms with E-state index in [1.165, 1.54) is 16.8 Å². The van der Waals surface area contributed by atoms with Gasteiger partial charge < -0.3 is 14.8 Å². The van der Waals surface area contributed by atoms with Crippen LogP contribution < -0.4 is 10.2 Å². The maximum atomic E-state index is 13.0. The number of halogens is 3. The van der Waals surface area contributed by atoms with Crippen LogP contribution in [0.15, 0.2) is 42.5 Å². The average molecular weight is 581 g/mol. The van der Waals surface area contributed by atoms with Crippen LogP contribution in [-0.4, -0.2) is 59.6 Å². The summed E-state index contributed by atoms with van der Waals surface area (Å²) in [6.07, 6.45) is 2.70. The first-order valence-electron chi connectivity index (χ1n) is 13.0. The van der Waals surface area contributed by atoms with E-state index in [2.05, 4.69) is 58.7 Å². The van der Waals surface area contributed by atoms with Crippen LogP contribution in [0.4, 0.5) is 5.69 Å².